The van der Waals surface area contributed by atoms with Gasteiger partial charge in [0.25, 0.3) is 0 Å². The predicted octanol–water partition coefficient (Wildman–Crippen LogP) is 5.99. The number of anilines is 3. The highest BCUT2D eigenvalue weighted by Crippen LogP contribution is 2.42. The molecule has 0 saturated heterocycles. The van der Waals surface area contributed by atoms with Gasteiger partial charge in [0, 0.05) is 35.5 Å². The molecule has 2 aromatic carbocycles. The molecule has 3 aromatic rings. The van der Waals surface area contributed by atoms with Crippen molar-refractivity contribution in [3.63, 3.8) is 0 Å². The summed E-state index contributed by atoms with van der Waals surface area (Å²) in [7, 11) is 0. The average molecular weight is 475 g/mol. The van der Waals surface area contributed by atoms with Crippen LogP contribution in [0, 0.1) is 11.6 Å². The molecule has 0 bridgehead atoms. The number of pyridine rings is 1. The van der Waals surface area contributed by atoms with Gasteiger partial charge in [-0.1, -0.05) is 0 Å². The fraction of sp³-hybridized carbons (Fsp3) is 0.167. The molecule has 10 heteroatoms. The first-order chi connectivity index (χ1) is 16.2. The zero-order valence-corrected chi connectivity index (χ0v) is 17.8. The van der Waals surface area contributed by atoms with E-state index in [0.717, 1.165) is 24.3 Å². The maximum absolute atomic E-state index is 14.0. The minimum Gasteiger partial charge on any atom is -0.478 e. The number of nitrogens with one attached hydrogen (secondary N) is 1. The Balaban J connectivity index is 1.96. The van der Waals surface area contributed by atoms with Crippen LogP contribution in [0.15, 0.2) is 66.5 Å². The lowest BCUT2D eigenvalue weighted by Crippen LogP contribution is -2.25. The number of hydrogen-bond donors (Lipinski definition) is 1. The predicted molar refractivity (Wildman–Crippen MR) is 116 cm³/mol. The topological polar surface area (TPSA) is 54.5 Å². The summed E-state index contributed by atoms with van der Waals surface area (Å²) in [6, 6.07) is 10.9. The fourth-order valence-electron chi connectivity index (χ4n) is 3.55. The summed E-state index contributed by atoms with van der Waals surface area (Å²) < 4.78 is 74.3. The number of aromatic nitrogens is 1. The number of ether oxygens (including phenoxy) is 1. The van der Waals surface area contributed by atoms with Crippen LogP contribution in [0.25, 0.3) is 0 Å². The van der Waals surface area contributed by atoms with E-state index in [-0.39, 0.29) is 35.4 Å². The number of nitrogens with zero attached hydrogens (tertiary/aromatic N) is 2. The van der Waals surface area contributed by atoms with E-state index in [1.165, 1.54) is 41.3 Å². The number of benzene rings is 2. The smallest absolute Gasteiger partial charge is 0.417 e. The molecule has 0 spiro atoms. The molecule has 2 heterocycles. The molecule has 0 amide bonds. The van der Waals surface area contributed by atoms with Crippen molar-refractivity contribution in [2.45, 2.75) is 19.5 Å². The molecule has 0 saturated carbocycles. The van der Waals surface area contributed by atoms with Crippen molar-refractivity contribution in [3.05, 3.63) is 89.3 Å². The van der Waals surface area contributed by atoms with E-state index in [2.05, 4.69) is 10.3 Å². The van der Waals surface area contributed by atoms with Gasteiger partial charge in [0.15, 0.2) is 5.78 Å². The largest absolute Gasteiger partial charge is 0.478 e. The van der Waals surface area contributed by atoms with E-state index < -0.39 is 35.6 Å². The Morgan fingerprint density at radius 3 is 2.24 bits per heavy atom. The van der Waals surface area contributed by atoms with Crippen molar-refractivity contribution < 1.29 is 31.5 Å². The lowest BCUT2D eigenvalue weighted by molar-refractivity contribution is -0.138. The first-order valence-electron chi connectivity index (χ1n) is 10.2. The van der Waals surface area contributed by atoms with E-state index >= 15 is 0 Å². The van der Waals surface area contributed by atoms with Crippen LogP contribution < -0.4 is 15.0 Å². The van der Waals surface area contributed by atoms with Crippen LogP contribution in [0.1, 0.15) is 18.1 Å². The van der Waals surface area contributed by atoms with Crippen LogP contribution in [0.5, 0.6) is 5.88 Å². The maximum atomic E-state index is 14.0. The van der Waals surface area contributed by atoms with Crippen LogP contribution in [-0.4, -0.2) is 17.4 Å². The van der Waals surface area contributed by atoms with Gasteiger partial charge in [-0.2, -0.15) is 18.2 Å². The quantitative estimate of drug-likeness (QED) is 0.459. The zero-order valence-electron chi connectivity index (χ0n) is 17.8. The highest BCUT2D eigenvalue weighted by Gasteiger charge is 2.39. The third-order valence-corrected chi connectivity index (χ3v) is 4.98. The summed E-state index contributed by atoms with van der Waals surface area (Å²) >= 11 is 0. The van der Waals surface area contributed by atoms with Gasteiger partial charge in [0.2, 0.25) is 5.88 Å². The molecule has 1 aromatic heterocycles. The highest BCUT2D eigenvalue weighted by molar-refractivity contribution is 5.97. The van der Waals surface area contributed by atoms with Crippen LogP contribution >= 0.6 is 0 Å². The molecule has 0 atom stereocenters. The molecular weight excluding hydrogens is 457 g/mol. The first-order valence-corrected chi connectivity index (χ1v) is 10.2. The van der Waals surface area contributed by atoms with Crippen molar-refractivity contribution in [3.8, 4) is 5.88 Å². The summed E-state index contributed by atoms with van der Waals surface area (Å²) in [6.07, 6.45) is -4.23. The van der Waals surface area contributed by atoms with Gasteiger partial charge in [-0.05, 0) is 55.5 Å². The monoisotopic (exact) mass is 475 g/mol. The molecule has 5 nitrogen and oxygen atoms in total. The Morgan fingerprint density at radius 1 is 1.03 bits per heavy atom. The number of ketones is 1. The average Bonchev–Trinajstić information content (AvgIpc) is 2.90. The minimum absolute atomic E-state index is 0.0521. The summed E-state index contributed by atoms with van der Waals surface area (Å²) in [5.74, 6) is -2.09. The van der Waals surface area contributed by atoms with Gasteiger partial charge in [-0.3, -0.25) is 9.69 Å². The second-order valence-electron chi connectivity index (χ2n) is 7.36. The SMILES string of the molecule is CCOc1cc(C(F)(F)F)c2c(n1)N(c1ccc(F)cc1)C(Nc1ccc(F)cc1)=CC(=O)C2. The van der Waals surface area contributed by atoms with Crippen LogP contribution in [0.4, 0.5) is 39.1 Å². The molecule has 1 aliphatic heterocycles. The standard InChI is InChI=1S/C24H18F5N3O2/c1-2-34-22-13-20(24(27,28)29)19-11-18(33)12-21(30-16-7-3-14(25)4-8-16)32(23(19)31-22)17-9-5-15(26)6-10-17/h3-10,12-13,30H,2,11H2,1H3. The van der Waals surface area contributed by atoms with Crippen LogP contribution in [-0.2, 0) is 17.4 Å². The highest BCUT2D eigenvalue weighted by atomic mass is 19.4. The number of carbonyl (C=O) groups excluding carboxylic acids is 1. The number of hydrogen-bond acceptors (Lipinski definition) is 5. The molecular formula is C24H18F5N3O2. The van der Waals surface area contributed by atoms with Crippen molar-refractivity contribution in [1.29, 1.82) is 0 Å². The van der Waals surface area contributed by atoms with E-state index in [9.17, 15) is 26.7 Å². The lowest BCUT2D eigenvalue weighted by atomic mass is 10.0. The summed E-state index contributed by atoms with van der Waals surface area (Å²) in [5, 5.41) is 2.94. The molecule has 4 rings (SSSR count). The van der Waals surface area contributed by atoms with Gasteiger partial charge in [-0.25, -0.2) is 8.78 Å². The van der Waals surface area contributed by atoms with Gasteiger partial charge >= 0.3 is 6.18 Å². The van der Waals surface area contributed by atoms with Gasteiger partial charge in [0.1, 0.15) is 23.3 Å². The molecule has 1 N–H and O–H groups in total. The molecule has 0 fully saturated rings. The van der Waals surface area contributed by atoms with Crippen molar-refractivity contribution in [2.75, 3.05) is 16.8 Å². The van der Waals surface area contributed by atoms with E-state index in [0.29, 0.717) is 5.69 Å². The molecule has 0 radical (unpaired) electrons. The van der Waals surface area contributed by atoms with E-state index in [1.54, 1.807) is 6.92 Å². The zero-order chi connectivity index (χ0) is 24.5. The Hall–Kier alpha value is -3.95. The molecule has 0 unspecified atom stereocenters. The number of halogens is 5. The third kappa shape index (κ3) is 4.85. The summed E-state index contributed by atoms with van der Waals surface area (Å²) in [5.41, 5.74) is -0.796. The maximum Gasteiger partial charge on any atom is 0.417 e. The Labute approximate surface area is 191 Å². The number of carbonyl (C=O) groups is 1. The van der Waals surface area contributed by atoms with Crippen molar-refractivity contribution in [1.82, 2.24) is 4.98 Å². The summed E-state index contributed by atoms with van der Waals surface area (Å²) in [4.78, 5) is 18.3. The normalized spacial score (nSPS) is 13.8. The number of alkyl halides is 3. The van der Waals surface area contributed by atoms with Gasteiger partial charge in [-0.15, -0.1) is 0 Å². The third-order valence-electron chi connectivity index (χ3n) is 4.98. The number of fused-ring (bicyclic) bond motifs is 1. The van der Waals surface area contributed by atoms with Crippen LogP contribution in [0.3, 0.4) is 0 Å². The first kappa shape index (κ1) is 23.2. The van der Waals surface area contributed by atoms with E-state index in [1.807, 2.05) is 0 Å². The minimum atomic E-state index is -4.79. The lowest BCUT2D eigenvalue weighted by Gasteiger charge is -2.29. The van der Waals surface area contributed by atoms with Crippen LogP contribution in [0.2, 0.25) is 0 Å². The fourth-order valence-corrected chi connectivity index (χ4v) is 3.55. The van der Waals surface area contributed by atoms with Crippen molar-refractivity contribution in [2.24, 2.45) is 0 Å². The molecule has 176 valence electrons. The molecule has 1 aliphatic rings. The Bertz CT molecular complexity index is 1240. The summed E-state index contributed by atoms with van der Waals surface area (Å²) in [6.45, 7) is 1.67. The number of rotatable bonds is 5. The van der Waals surface area contributed by atoms with E-state index in [4.69, 9.17) is 4.74 Å². The van der Waals surface area contributed by atoms with Gasteiger partial charge < -0.3 is 10.1 Å². The molecule has 34 heavy (non-hydrogen) atoms. The second-order valence-corrected chi connectivity index (χ2v) is 7.36. The Morgan fingerprint density at radius 2 is 1.65 bits per heavy atom. The molecule has 0 aliphatic carbocycles. The number of allylic oxidation sites excluding steroid dienone is 1. The van der Waals surface area contributed by atoms with Crippen molar-refractivity contribution >= 4 is 23.0 Å². The Kier molecular flexibility index (Phi) is 6.23. The second kappa shape index (κ2) is 9.12. The van der Waals surface area contributed by atoms with Gasteiger partial charge in [0.05, 0.1) is 12.2 Å².